The van der Waals surface area contributed by atoms with Gasteiger partial charge in [0.15, 0.2) is 11.5 Å². The zero-order valence-corrected chi connectivity index (χ0v) is 22.3. The average Bonchev–Trinajstić information content (AvgIpc) is 3.29. The fourth-order valence-corrected chi connectivity index (χ4v) is 4.73. The monoisotopic (exact) mass is 517 g/mol. The van der Waals surface area contributed by atoms with Crippen LogP contribution in [-0.4, -0.2) is 57.3 Å². The average molecular weight is 518 g/mol. The largest absolute Gasteiger partial charge is 0.454 e. The quantitative estimate of drug-likeness (QED) is 0.491. The van der Waals surface area contributed by atoms with Crippen LogP contribution in [0, 0.1) is 12.8 Å². The third-order valence-corrected chi connectivity index (χ3v) is 7.01. The van der Waals surface area contributed by atoms with Gasteiger partial charge in [-0.3, -0.25) is 13.9 Å². The fourth-order valence-electron chi connectivity index (χ4n) is 3.89. The molecule has 1 aliphatic rings. The van der Waals surface area contributed by atoms with E-state index in [1.54, 1.807) is 12.1 Å². The summed E-state index contributed by atoms with van der Waals surface area (Å²) in [6, 6.07) is 11.6. The number of carbonyl (C=O) groups is 2. The van der Waals surface area contributed by atoms with Gasteiger partial charge in [-0.15, -0.1) is 0 Å². The number of anilines is 1. The zero-order chi connectivity index (χ0) is 26.5. The number of ether oxygens (including phenoxy) is 2. The van der Waals surface area contributed by atoms with Gasteiger partial charge in [0, 0.05) is 19.2 Å². The molecule has 2 aromatic rings. The van der Waals surface area contributed by atoms with Crippen LogP contribution in [0.4, 0.5) is 5.69 Å². The van der Waals surface area contributed by atoms with Crippen molar-refractivity contribution >= 4 is 27.5 Å². The standard InChI is InChI=1S/C26H35N3O6S/c1-6-22(26(31)27-14-18(2)3)28(15-20-9-7-19(4)8-10-20)25(30)16-29(36(5,32)33)21-11-12-23-24(13-21)35-17-34-23/h7-13,18,22H,6,14-17H2,1-5H3,(H,27,31). The summed E-state index contributed by atoms with van der Waals surface area (Å²) in [6.45, 7) is 8.03. The van der Waals surface area contributed by atoms with Gasteiger partial charge in [0.25, 0.3) is 0 Å². The van der Waals surface area contributed by atoms with Crippen LogP contribution in [0.15, 0.2) is 42.5 Å². The second kappa shape index (κ2) is 11.6. The first kappa shape index (κ1) is 27.3. The highest BCUT2D eigenvalue weighted by molar-refractivity contribution is 7.92. The van der Waals surface area contributed by atoms with Crippen LogP contribution >= 0.6 is 0 Å². The van der Waals surface area contributed by atoms with Crippen LogP contribution in [0.5, 0.6) is 11.5 Å². The van der Waals surface area contributed by atoms with Crippen LogP contribution in [0.25, 0.3) is 0 Å². The number of fused-ring (bicyclic) bond motifs is 1. The molecule has 10 heteroatoms. The van der Waals surface area contributed by atoms with Gasteiger partial charge in [-0.05, 0) is 37.0 Å². The molecule has 0 radical (unpaired) electrons. The van der Waals surface area contributed by atoms with Gasteiger partial charge < -0.3 is 19.7 Å². The molecule has 1 aliphatic heterocycles. The Kier molecular flexibility index (Phi) is 8.84. The van der Waals surface area contributed by atoms with Crippen molar-refractivity contribution in [3.05, 3.63) is 53.6 Å². The first-order valence-corrected chi connectivity index (χ1v) is 13.8. The van der Waals surface area contributed by atoms with E-state index in [1.165, 1.54) is 11.0 Å². The van der Waals surface area contributed by atoms with Crippen LogP contribution in [0.3, 0.4) is 0 Å². The minimum absolute atomic E-state index is 0.0462. The molecule has 9 nitrogen and oxygen atoms in total. The number of sulfonamides is 1. The fraction of sp³-hybridized carbons (Fsp3) is 0.462. The van der Waals surface area contributed by atoms with Gasteiger partial charge in [0.05, 0.1) is 11.9 Å². The predicted molar refractivity (Wildman–Crippen MR) is 138 cm³/mol. The summed E-state index contributed by atoms with van der Waals surface area (Å²) in [7, 11) is -3.83. The molecule has 2 amide bonds. The second-order valence-electron chi connectivity index (χ2n) is 9.38. The Morgan fingerprint density at radius 1 is 1.06 bits per heavy atom. The highest BCUT2D eigenvalue weighted by Crippen LogP contribution is 2.36. The molecule has 3 rings (SSSR count). The van der Waals surface area contributed by atoms with Gasteiger partial charge in [-0.25, -0.2) is 8.42 Å². The lowest BCUT2D eigenvalue weighted by molar-refractivity contribution is -0.140. The summed E-state index contributed by atoms with van der Waals surface area (Å²) in [4.78, 5) is 28.3. The van der Waals surface area contributed by atoms with Crippen molar-refractivity contribution in [2.75, 3.05) is 30.4 Å². The summed E-state index contributed by atoms with van der Waals surface area (Å²) in [5.41, 5.74) is 2.20. The predicted octanol–water partition coefficient (Wildman–Crippen LogP) is 3.07. The third-order valence-electron chi connectivity index (χ3n) is 5.87. The maximum Gasteiger partial charge on any atom is 0.244 e. The number of nitrogens with one attached hydrogen (secondary N) is 1. The van der Waals surface area contributed by atoms with Gasteiger partial charge >= 0.3 is 0 Å². The molecule has 0 saturated heterocycles. The molecule has 1 atom stereocenters. The normalized spacial score (nSPS) is 13.4. The van der Waals surface area contributed by atoms with Crippen molar-refractivity contribution < 1.29 is 27.5 Å². The maximum absolute atomic E-state index is 13.7. The van der Waals surface area contributed by atoms with Crippen LogP contribution in [0.2, 0.25) is 0 Å². The van der Waals surface area contributed by atoms with E-state index >= 15 is 0 Å². The van der Waals surface area contributed by atoms with Crippen LogP contribution in [-0.2, 0) is 26.2 Å². The van der Waals surface area contributed by atoms with Crippen LogP contribution < -0.4 is 19.1 Å². The summed E-state index contributed by atoms with van der Waals surface area (Å²) >= 11 is 0. The van der Waals surface area contributed by atoms with E-state index in [0.717, 1.165) is 21.7 Å². The van der Waals surface area contributed by atoms with Crippen molar-refractivity contribution in [1.82, 2.24) is 10.2 Å². The Hall–Kier alpha value is -3.27. The highest BCUT2D eigenvalue weighted by Gasteiger charge is 2.32. The summed E-state index contributed by atoms with van der Waals surface area (Å²) in [6.07, 6.45) is 1.42. The molecular weight excluding hydrogens is 482 g/mol. The number of hydrogen-bond donors (Lipinski definition) is 1. The van der Waals surface area contributed by atoms with E-state index in [1.807, 2.05) is 52.0 Å². The number of benzene rings is 2. The van der Waals surface area contributed by atoms with Gasteiger partial charge in [0.2, 0.25) is 28.6 Å². The molecule has 0 spiro atoms. The van der Waals surface area contributed by atoms with E-state index in [-0.39, 0.29) is 30.9 Å². The minimum Gasteiger partial charge on any atom is -0.454 e. The number of carbonyl (C=O) groups excluding carboxylic acids is 2. The first-order valence-electron chi connectivity index (χ1n) is 12.0. The number of aryl methyl sites for hydroxylation is 1. The highest BCUT2D eigenvalue weighted by atomic mass is 32.2. The van der Waals surface area contributed by atoms with Crippen molar-refractivity contribution in [3.63, 3.8) is 0 Å². The molecule has 0 fully saturated rings. The molecule has 196 valence electrons. The Morgan fingerprint density at radius 2 is 1.72 bits per heavy atom. The number of nitrogens with zero attached hydrogens (tertiary/aromatic N) is 2. The van der Waals surface area contributed by atoms with E-state index in [2.05, 4.69) is 5.32 Å². The molecule has 2 aromatic carbocycles. The van der Waals surface area contributed by atoms with Gasteiger partial charge in [0.1, 0.15) is 12.6 Å². The van der Waals surface area contributed by atoms with Gasteiger partial charge in [-0.1, -0.05) is 50.6 Å². The zero-order valence-electron chi connectivity index (χ0n) is 21.5. The number of rotatable bonds is 11. The molecule has 0 aromatic heterocycles. The summed E-state index contributed by atoms with van der Waals surface area (Å²) < 4.78 is 37.2. The molecule has 0 bridgehead atoms. The summed E-state index contributed by atoms with van der Waals surface area (Å²) in [5, 5.41) is 2.91. The lowest BCUT2D eigenvalue weighted by Crippen LogP contribution is -2.52. The maximum atomic E-state index is 13.7. The molecule has 0 aliphatic carbocycles. The third kappa shape index (κ3) is 6.90. The molecule has 1 unspecified atom stereocenters. The lowest BCUT2D eigenvalue weighted by atomic mass is 10.1. The van der Waals surface area contributed by atoms with Gasteiger partial charge in [-0.2, -0.15) is 0 Å². The molecule has 36 heavy (non-hydrogen) atoms. The Labute approximate surface area is 213 Å². The van der Waals surface area contributed by atoms with Crippen molar-refractivity contribution in [1.29, 1.82) is 0 Å². The molecule has 1 N–H and O–H groups in total. The summed E-state index contributed by atoms with van der Waals surface area (Å²) in [5.74, 6) is 0.419. The van der Waals surface area contributed by atoms with Crippen LogP contribution in [0.1, 0.15) is 38.3 Å². The number of hydrogen-bond acceptors (Lipinski definition) is 6. The van der Waals surface area contributed by atoms with E-state index in [4.69, 9.17) is 9.47 Å². The number of amides is 2. The lowest BCUT2D eigenvalue weighted by Gasteiger charge is -2.33. The Balaban J connectivity index is 1.92. The molecular formula is C26H35N3O6S. The molecule has 1 heterocycles. The Bertz CT molecular complexity index is 1180. The topological polar surface area (TPSA) is 105 Å². The van der Waals surface area contributed by atoms with Crippen molar-refractivity contribution in [2.45, 2.75) is 46.7 Å². The Morgan fingerprint density at radius 3 is 2.33 bits per heavy atom. The smallest absolute Gasteiger partial charge is 0.244 e. The van der Waals surface area contributed by atoms with Crippen molar-refractivity contribution in [2.24, 2.45) is 5.92 Å². The molecule has 0 saturated carbocycles. The minimum atomic E-state index is -3.83. The second-order valence-corrected chi connectivity index (χ2v) is 11.3. The van der Waals surface area contributed by atoms with E-state index in [9.17, 15) is 18.0 Å². The van der Waals surface area contributed by atoms with Crippen molar-refractivity contribution in [3.8, 4) is 11.5 Å². The van der Waals surface area contributed by atoms with E-state index < -0.39 is 28.5 Å². The van der Waals surface area contributed by atoms with E-state index in [0.29, 0.717) is 24.5 Å². The SMILES string of the molecule is CCC(C(=O)NCC(C)C)N(Cc1ccc(C)cc1)C(=O)CN(c1ccc2c(c1)OCO2)S(C)(=O)=O. The first-order chi connectivity index (χ1) is 17.0.